The van der Waals surface area contributed by atoms with E-state index in [0.717, 1.165) is 6.54 Å². The predicted molar refractivity (Wildman–Crippen MR) is 97.9 cm³/mol. The van der Waals surface area contributed by atoms with Crippen molar-refractivity contribution in [2.45, 2.75) is 66.2 Å². The standard InChI is InChI=1S/C18H32N2O2S/c1-12(2)14(20-17(21)22-18(5,6)7)11-19-16(13(3)4)15-9-8-10-23-15/h8-10,12-14,16,19H,11H2,1-7H3,(H,20,21). The van der Waals surface area contributed by atoms with Crippen molar-refractivity contribution in [3.63, 3.8) is 0 Å². The molecule has 2 unspecified atom stereocenters. The molecule has 23 heavy (non-hydrogen) atoms. The van der Waals surface area contributed by atoms with Crippen LogP contribution in [0.2, 0.25) is 0 Å². The van der Waals surface area contributed by atoms with Gasteiger partial charge in [0, 0.05) is 23.5 Å². The van der Waals surface area contributed by atoms with Crippen molar-refractivity contribution >= 4 is 17.4 Å². The molecular weight excluding hydrogens is 308 g/mol. The Labute approximate surface area is 145 Å². The van der Waals surface area contributed by atoms with Gasteiger partial charge in [-0.15, -0.1) is 11.3 Å². The van der Waals surface area contributed by atoms with E-state index in [1.807, 2.05) is 20.8 Å². The van der Waals surface area contributed by atoms with Crippen molar-refractivity contribution in [3.05, 3.63) is 22.4 Å². The number of ether oxygens (including phenoxy) is 1. The number of thiophene rings is 1. The minimum Gasteiger partial charge on any atom is -0.444 e. The SMILES string of the molecule is CC(C)C(CNC(c1cccs1)C(C)C)NC(=O)OC(C)(C)C. The number of carbonyl (C=O) groups is 1. The largest absolute Gasteiger partial charge is 0.444 e. The maximum absolute atomic E-state index is 12.0. The summed E-state index contributed by atoms with van der Waals surface area (Å²) in [4.78, 5) is 13.4. The lowest BCUT2D eigenvalue weighted by atomic mass is 10.00. The molecule has 0 radical (unpaired) electrons. The van der Waals surface area contributed by atoms with Crippen LogP contribution < -0.4 is 10.6 Å². The minimum absolute atomic E-state index is 0.0334. The van der Waals surface area contributed by atoms with Crippen LogP contribution in [0.4, 0.5) is 4.79 Å². The number of nitrogens with one attached hydrogen (secondary N) is 2. The first-order chi connectivity index (χ1) is 10.6. The van der Waals surface area contributed by atoms with E-state index in [9.17, 15) is 4.79 Å². The van der Waals surface area contributed by atoms with Crippen molar-refractivity contribution in [1.82, 2.24) is 10.6 Å². The molecular formula is C18H32N2O2S. The van der Waals surface area contributed by atoms with Crippen LogP contribution in [-0.2, 0) is 4.74 Å². The lowest BCUT2D eigenvalue weighted by Gasteiger charge is -2.29. The molecule has 1 rings (SSSR count). The summed E-state index contributed by atoms with van der Waals surface area (Å²) in [6, 6.07) is 4.58. The van der Waals surface area contributed by atoms with Gasteiger partial charge >= 0.3 is 6.09 Å². The third kappa shape index (κ3) is 7.36. The van der Waals surface area contributed by atoms with Crippen LogP contribution in [0.15, 0.2) is 17.5 Å². The summed E-state index contributed by atoms with van der Waals surface area (Å²) in [7, 11) is 0. The third-order valence-corrected chi connectivity index (χ3v) is 4.54. The van der Waals surface area contributed by atoms with Gasteiger partial charge in [0.05, 0.1) is 0 Å². The Bertz CT molecular complexity index is 464. The van der Waals surface area contributed by atoms with Gasteiger partial charge in [-0.2, -0.15) is 0 Å². The van der Waals surface area contributed by atoms with E-state index in [4.69, 9.17) is 4.74 Å². The summed E-state index contributed by atoms with van der Waals surface area (Å²) in [5.41, 5.74) is -0.476. The highest BCUT2D eigenvalue weighted by molar-refractivity contribution is 7.10. The molecule has 1 heterocycles. The van der Waals surface area contributed by atoms with Gasteiger partial charge in [0.1, 0.15) is 5.60 Å². The van der Waals surface area contributed by atoms with E-state index >= 15 is 0 Å². The molecule has 0 saturated carbocycles. The van der Waals surface area contributed by atoms with Crippen LogP contribution in [0.1, 0.15) is 59.4 Å². The van der Waals surface area contributed by atoms with E-state index in [2.05, 4.69) is 55.8 Å². The molecule has 0 aliphatic rings. The average molecular weight is 341 g/mol. The number of rotatable bonds is 7. The Hall–Kier alpha value is -1.07. The van der Waals surface area contributed by atoms with Crippen molar-refractivity contribution in [2.75, 3.05) is 6.54 Å². The molecule has 132 valence electrons. The molecule has 2 atom stereocenters. The van der Waals surface area contributed by atoms with Gasteiger partial charge in [0.15, 0.2) is 0 Å². The Morgan fingerprint density at radius 1 is 1.22 bits per heavy atom. The van der Waals surface area contributed by atoms with Crippen molar-refractivity contribution in [1.29, 1.82) is 0 Å². The first kappa shape index (κ1) is 20.0. The number of carbonyl (C=O) groups excluding carboxylic acids is 1. The zero-order valence-corrected chi connectivity index (χ0v) is 16.3. The molecule has 1 amide bonds. The Balaban J connectivity index is 2.63. The van der Waals surface area contributed by atoms with Crippen molar-refractivity contribution in [3.8, 4) is 0 Å². The molecule has 5 heteroatoms. The highest BCUT2D eigenvalue weighted by Gasteiger charge is 2.23. The van der Waals surface area contributed by atoms with Crippen LogP contribution in [0.25, 0.3) is 0 Å². The second-order valence-electron chi connectivity index (χ2n) is 7.64. The van der Waals surface area contributed by atoms with Crippen LogP contribution >= 0.6 is 11.3 Å². The maximum atomic E-state index is 12.0. The van der Waals surface area contributed by atoms with E-state index in [1.54, 1.807) is 11.3 Å². The molecule has 1 aromatic heterocycles. The van der Waals surface area contributed by atoms with Crippen LogP contribution in [0.5, 0.6) is 0 Å². The summed E-state index contributed by atoms with van der Waals surface area (Å²) in [6.45, 7) is 15.0. The Morgan fingerprint density at radius 2 is 1.87 bits per heavy atom. The summed E-state index contributed by atoms with van der Waals surface area (Å²) in [5.74, 6) is 0.814. The van der Waals surface area contributed by atoms with Crippen molar-refractivity contribution in [2.24, 2.45) is 11.8 Å². The fraction of sp³-hybridized carbons (Fsp3) is 0.722. The van der Waals surface area contributed by atoms with E-state index in [0.29, 0.717) is 17.9 Å². The van der Waals surface area contributed by atoms with Gasteiger partial charge in [-0.05, 0) is 44.1 Å². The van der Waals surface area contributed by atoms with E-state index in [-0.39, 0.29) is 12.1 Å². The zero-order valence-electron chi connectivity index (χ0n) is 15.5. The van der Waals surface area contributed by atoms with E-state index in [1.165, 1.54) is 4.88 Å². The monoisotopic (exact) mass is 340 g/mol. The molecule has 0 aliphatic heterocycles. The smallest absolute Gasteiger partial charge is 0.407 e. The predicted octanol–water partition coefficient (Wildman–Crippen LogP) is 4.58. The van der Waals surface area contributed by atoms with Crippen molar-refractivity contribution < 1.29 is 9.53 Å². The molecule has 0 bridgehead atoms. The average Bonchev–Trinajstić information content (AvgIpc) is 2.88. The number of hydrogen-bond donors (Lipinski definition) is 2. The number of hydrogen-bond acceptors (Lipinski definition) is 4. The van der Waals surface area contributed by atoms with Gasteiger partial charge in [-0.1, -0.05) is 33.8 Å². The molecule has 0 saturated heterocycles. The second kappa shape index (κ2) is 8.69. The van der Waals surface area contributed by atoms with Gasteiger partial charge in [0.25, 0.3) is 0 Å². The highest BCUT2D eigenvalue weighted by atomic mass is 32.1. The third-order valence-electron chi connectivity index (χ3n) is 3.58. The second-order valence-corrected chi connectivity index (χ2v) is 8.62. The quantitative estimate of drug-likeness (QED) is 0.763. The minimum atomic E-state index is -0.476. The summed E-state index contributed by atoms with van der Waals surface area (Å²) in [5, 5.41) is 8.71. The topological polar surface area (TPSA) is 50.4 Å². The summed E-state index contributed by atoms with van der Waals surface area (Å²) < 4.78 is 5.37. The lowest BCUT2D eigenvalue weighted by molar-refractivity contribution is 0.0488. The maximum Gasteiger partial charge on any atom is 0.407 e. The molecule has 4 nitrogen and oxygen atoms in total. The first-order valence-corrected chi connectivity index (χ1v) is 9.24. The first-order valence-electron chi connectivity index (χ1n) is 8.36. The fourth-order valence-corrected chi connectivity index (χ4v) is 3.27. The Morgan fingerprint density at radius 3 is 2.30 bits per heavy atom. The van der Waals surface area contributed by atoms with Crippen LogP contribution in [-0.4, -0.2) is 24.3 Å². The fourth-order valence-electron chi connectivity index (χ4n) is 2.30. The van der Waals surface area contributed by atoms with Gasteiger partial charge < -0.3 is 15.4 Å². The van der Waals surface area contributed by atoms with Gasteiger partial charge in [-0.3, -0.25) is 0 Å². The van der Waals surface area contributed by atoms with Crippen LogP contribution in [0, 0.1) is 11.8 Å². The molecule has 2 N–H and O–H groups in total. The van der Waals surface area contributed by atoms with Gasteiger partial charge in [-0.25, -0.2) is 4.79 Å². The molecule has 0 aliphatic carbocycles. The highest BCUT2D eigenvalue weighted by Crippen LogP contribution is 2.25. The molecule has 0 fully saturated rings. The number of alkyl carbamates (subject to hydrolysis) is 1. The molecule has 1 aromatic rings. The van der Waals surface area contributed by atoms with Gasteiger partial charge in [0.2, 0.25) is 0 Å². The summed E-state index contributed by atoms with van der Waals surface area (Å²) in [6.07, 6.45) is -0.352. The zero-order chi connectivity index (χ0) is 17.6. The number of amides is 1. The molecule has 0 aromatic carbocycles. The normalized spacial score (nSPS) is 14.8. The lowest BCUT2D eigenvalue weighted by Crippen LogP contribution is -2.48. The summed E-state index contributed by atoms with van der Waals surface area (Å²) >= 11 is 1.77. The van der Waals surface area contributed by atoms with Crippen LogP contribution in [0.3, 0.4) is 0 Å². The molecule has 0 spiro atoms. The Kier molecular flexibility index (Phi) is 7.55. The van der Waals surface area contributed by atoms with E-state index < -0.39 is 5.60 Å².